The van der Waals surface area contributed by atoms with Gasteiger partial charge in [0.25, 0.3) is 0 Å². The summed E-state index contributed by atoms with van der Waals surface area (Å²) in [6.45, 7) is 9.94. The van der Waals surface area contributed by atoms with E-state index in [1.54, 1.807) is 0 Å². The zero-order chi connectivity index (χ0) is 14.0. The number of amides is 1. The summed E-state index contributed by atoms with van der Waals surface area (Å²) in [7, 11) is 0. The van der Waals surface area contributed by atoms with E-state index in [2.05, 4.69) is 33.0 Å². The lowest BCUT2D eigenvalue weighted by Crippen LogP contribution is -2.43. The number of carbonyl (C=O) groups excluding carboxylic acids is 1. The molecule has 108 valence electrons. The summed E-state index contributed by atoms with van der Waals surface area (Å²) in [5, 5.41) is 3.13. The first-order valence-corrected chi connectivity index (χ1v) is 7.56. The van der Waals surface area contributed by atoms with E-state index in [1.807, 2.05) is 0 Å². The molecule has 3 heteroatoms. The highest BCUT2D eigenvalue weighted by molar-refractivity contribution is 5.78. The molecule has 0 aliphatic rings. The summed E-state index contributed by atoms with van der Waals surface area (Å²) in [5.74, 6) is 0.405. The van der Waals surface area contributed by atoms with Crippen molar-refractivity contribution in [2.45, 2.75) is 66.2 Å². The molecular formula is C15H32N2O. The molecule has 0 spiro atoms. The van der Waals surface area contributed by atoms with Gasteiger partial charge in [-0.2, -0.15) is 0 Å². The van der Waals surface area contributed by atoms with Crippen LogP contribution >= 0.6 is 0 Å². The van der Waals surface area contributed by atoms with Crippen LogP contribution in [0, 0.1) is 11.3 Å². The van der Waals surface area contributed by atoms with Crippen molar-refractivity contribution in [1.29, 1.82) is 0 Å². The lowest BCUT2D eigenvalue weighted by molar-refractivity contribution is -0.126. The van der Waals surface area contributed by atoms with Crippen molar-refractivity contribution >= 4 is 5.91 Å². The average Bonchev–Trinajstić information content (AvgIpc) is 2.40. The number of hydrogen-bond acceptors (Lipinski definition) is 2. The summed E-state index contributed by atoms with van der Waals surface area (Å²) < 4.78 is 0. The second kappa shape index (κ2) is 9.37. The molecule has 18 heavy (non-hydrogen) atoms. The van der Waals surface area contributed by atoms with Gasteiger partial charge in [0, 0.05) is 12.5 Å². The third-order valence-corrected chi connectivity index (χ3v) is 4.22. The first kappa shape index (κ1) is 17.4. The Balaban J connectivity index is 4.35. The first-order valence-electron chi connectivity index (χ1n) is 7.56. The van der Waals surface area contributed by atoms with Crippen LogP contribution in [0.5, 0.6) is 0 Å². The van der Waals surface area contributed by atoms with E-state index in [0.717, 1.165) is 45.1 Å². The third kappa shape index (κ3) is 5.38. The Hall–Kier alpha value is -0.570. The fourth-order valence-electron chi connectivity index (χ4n) is 2.38. The van der Waals surface area contributed by atoms with Gasteiger partial charge in [-0.25, -0.2) is 0 Å². The molecule has 0 aromatic heterocycles. The molecule has 0 aromatic rings. The van der Waals surface area contributed by atoms with E-state index in [0.29, 0.717) is 6.54 Å². The van der Waals surface area contributed by atoms with Gasteiger partial charge in [0.2, 0.25) is 5.91 Å². The molecule has 0 radical (unpaired) electrons. The van der Waals surface area contributed by atoms with Gasteiger partial charge >= 0.3 is 0 Å². The lowest BCUT2D eigenvalue weighted by Gasteiger charge is -2.31. The van der Waals surface area contributed by atoms with Gasteiger partial charge in [0.15, 0.2) is 0 Å². The summed E-state index contributed by atoms with van der Waals surface area (Å²) in [4.78, 5) is 12.2. The Labute approximate surface area is 113 Å². The Bertz CT molecular complexity index is 210. The molecule has 0 aromatic carbocycles. The topological polar surface area (TPSA) is 55.1 Å². The largest absolute Gasteiger partial charge is 0.355 e. The van der Waals surface area contributed by atoms with Gasteiger partial charge in [-0.1, -0.05) is 40.5 Å². The molecule has 1 amide bonds. The summed E-state index contributed by atoms with van der Waals surface area (Å²) >= 11 is 0. The van der Waals surface area contributed by atoms with Gasteiger partial charge < -0.3 is 11.1 Å². The van der Waals surface area contributed by atoms with Crippen LogP contribution in [0.3, 0.4) is 0 Å². The predicted molar refractivity (Wildman–Crippen MR) is 78.4 cm³/mol. The van der Waals surface area contributed by atoms with E-state index < -0.39 is 0 Å². The van der Waals surface area contributed by atoms with Gasteiger partial charge in [0.05, 0.1) is 0 Å². The van der Waals surface area contributed by atoms with E-state index >= 15 is 0 Å². The van der Waals surface area contributed by atoms with Crippen LogP contribution in [0.1, 0.15) is 66.2 Å². The van der Waals surface area contributed by atoms with E-state index in [1.165, 1.54) is 0 Å². The maximum Gasteiger partial charge on any atom is 0.223 e. The molecule has 3 nitrogen and oxygen atoms in total. The lowest BCUT2D eigenvalue weighted by atomic mass is 9.82. The number of hydrogen-bond donors (Lipinski definition) is 2. The average molecular weight is 256 g/mol. The van der Waals surface area contributed by atoms with Gasteiger partial charge in [-0.15, -0.1) is 0 Å². The van der Waals surface area contributed by atoms with Crippen LogP contribution in [-0.4, -0.2) is 19.0 Å². The molecule has 3 N–H and O–H groups in total. The molecule has 0 rings (SSSR count). The Morgan fingerprint density at radius 1 is 1.11 bits per heavy atom. The highest BCUT2D eigenvalue weighted by atomic mass is 16.1. The fraction of sp³-hybridized carbons (Fsp3) is 0.933. The molecule has 0 fully saturated rings. The molecule has 0 heterocycles. The molecule has 0 aliphatic carbocycles. The number of nitrogens with one attached hydrogen (secondary N) is 1. The van der Waals surface area contributed by atoms with Crippen molar-refractivity contribution in [3.8, 4) is 0 Å². The van der Waals surface area contributed by atoms with Crippen LogP contribution < -0.4 is 11.1 Å². The predicted octanol–water partition coefficient (Wildman–Crippen LogP) is 3.08. The van der Waals surface area contributed by atoms with Crippen molar-refractivity contribution in [1.82, 2.24) is 5.32 Å². The molecule has 0 saturated carbocycles. The highest BCUT2D eigenvalue weighted by Gasteiger charge is 2.26. The molecule has 0 bridgehead atoms. The van der Waals surface area contributed by atoms with Crippen LogP contribution in [-0.2, 0) is 4.79 Å². The maximum atomic E-state index is 12.2. The zero-order valence-corrected chi connectivity index (χ0v) is 12.7. The van der Waals surface area contributed by atoms with Crippen molar-refractivity contribution in [2.75, 3.05) is 13.1 Å². The minimum absolute atomic E-state index is 0.0820. The van der Waals surface area contributed by atoms with Crippen LogP contribution in [0.25, 0.3) is 0 Å². The molecule has 0 unspecified atom stereocenters. The number of nitrogens with two attached hydrogens (primary N) is 1. The van der Waals surface area contributed by atoms with Crippen LogP contribution in [0.15, 0.2) is 0 Å². The van der Waals surface area contributed by atoms with Crippen molar-refractivity contribution in [2.24, 2.45) is 17.1 Å². The summed E-state index contributed by atoms with van der Waals surface area (Å²) in [6, 6.07) is 0. The summed E-state index contributed by atoms with van der Waals surface area (Å²) in [6.07, 6.45) is 6.17. The van der Waals surface area contributed by atoms with Crippen molar-refractivity contribution < 1.29 is 4.79 Å². The molecule has 0 atom stereocenters. The highest BCUT2D eigenvalue weighted by Crippen LogP contribution is 2.24. The zero-order valence-electron chi connectivity index (χ0n) is 12.7. The second-order valence-electron chi connectivity index (χ2n) is 5.40. The third-order valence-electron chi connectivity index (χ3n) is 4.22. The fourth-order valence-corrected chi connectivity index (χ4v) is 2.38. The number of rotatable bonds is 10. The quantitative estimate of drug-likeness (QED) is 0.631. The normalized spacial score (nSPS) is 11.9. The van der Waals surface area contributed by atoms with E-state index in [-0.39, 0.29) is 17.2 Å². The van der Waals surface area contributed by atoms with E-state index in [9.17, 15) is 4.79 Å². The standard InChI is InChI=1S/C15H32N2O/c1-5-9-13(10-6-2)14(18)17-12-15(7-3,8-4)11-16/h13H,5-12,16H2,1-4H3,(H,17,18). The minimum atomic E-state index is 0.0820. The Morgan fingerprint density at radius 2 is 1.61 bits per heavy atom. The Morgan fingerprint density at radius 3 is 1.94 bits per heavy atom. The van der Waals surface area contributed by atoms with Gasteiger partial charge in [-0.3, -0.25) is 4.79 Å². The number of carbonyl (C=O) groups is 1. The summed E-state index contributed by atoms with van der Waals surface area (Å²) in [5.41, 5.74) is 5.94. The smallest absolute Gasteiger partial charge is 0.223 e. The Kier molecular flexibility index (Phi) is 9.08. The SMILES string of the molecule is CCCC(CCC)C(=O)NCC(CC)(CC)CN. The maximum absolute atomic E-state index is 12.2. The van der Waals surface area contributed by atoms with Crippen molar-refractivity contribution in [3.05, 3.63) is 0 Å². The van der Waals surface area contributed by atoms with Crippen LogP contribution in [0.2, 0.25) is 0 Å². The van der Waals surface area contributed by atoms with Gasteiger partial charge in [0.1, 0.15) is 0 Å². The van der Waals surface area contributed by atoms with E-state index in [4.69, 9.17) is 5.73 Å². The molecule has 0 saturated heterocycles. The van der Waals surface area contributed by atoms with Crippen molar-refractivity contribution in [3.63, 3.8) is 0 Å². The minimum Gasteiger partial charge on any atom is -0.355 e. The monoisotopic (exact) mass is 256 g/mol. The molecule has 0 aliphatic heterocycles. The molecular weight excluding hydrogens is 224 g/mol. The first-order chi connectivity index (χ1) is 8.59. The van der Waals surface area contributed by atoms with Gasteiger partial charge in [-0.05, 0) is 37.6 Å². The second-order valence-corrected chi connectivity index (χ2v) is 5.40. The van der Waals surface area contributed by atoms with Crippen LogP contribution in [0.4, 0.5) is 0 Å².